The van der Waals surface area contributed by atoms with E-state index in [0.29, 0.717) is 11.3 Å². The number of hydrogen-bond acceptors (Lipinski definition) is 6. The summed E-state index contributed by atoms with van der Waals surface area (Å²) in [5.41, 5.74) is 0.730. The lowest BCUT2D eigenvalue weighted by atomic mass is 10.1. The first-order valence-electron chi connectivity index (χ1n) is 8.05. The Labute approximate surface area is 159 Å². The average Bonchev–Trinajstić information content (AvgIpc) is 2.67. The van der Waals surface area contributed by atoms with Crippen LogP contribution in [0.2, 0.25) is 0 Å². The molecule has 2 aromatic carbocycles. The summed E-state index contributed by atoms with van der Waals surface area (Å²) < 4.78 is 38.1. The van der Waals surface area contributed by atoms with E-state index in [1.165, 1.54) is 43.5 Å². The van der Waals surface area contributed by atoms with E-state index < -0.39 is 31.0 Å². The zero-order valence-corrected chi connectivity index (χ0v) is 14.8. The van der Waals surface area contributed by atoms with Crippen LogP contribution < -0.4 is 14.8 Å². The van der Waals surface area contributed by atoms with Crippen LogP contribution in [0.5, 0.6) is 11.5 Å². The average molecular weight is 393 g/mol. The standard InChI is InChI=1S/C19H17F2NO6/c1-26-14-8-4-13(5-9-14)18(25)22-16(23)11-27-17(24)10-12-2-6-15(7-3-12)28-19(20)21/h2-9,19H,10-11H2,1H3,(H,22,23,25). The molecule has 9 heteroatoms. The van der Waals surface area contributed by atoms with Gasteiger partial charge in [0.2, 0.25) is 0 Å². The summed E-state index contributed by atoms with van der Waals surface area (Å²) in [5.74, 6) is -1.61. The minimum absolute atomic E-state index is 0.0384. The van der Waals surface area contributed by atoms with Gasteiger partial charge in [-0.2, -0.15) is 8.78 Å². The predicted molar refractivity (Wildman–Crippen MR) is 93.2 cm³/mol. The first kappa shape index (κ1) is 20.8. The highest BCUT2D eigenvalue weighted by molar-refractivity contribution is 6.05. The predicted octanol–water partition coefficient (Wildman–Crippen LogP) is 2.34. The van der Waals surface area contributed by atoms with Crippen LogP contribution in [0.3, 0.4) is 0 Å². The van der Waals surface area contributed by atoms with Crippen molar-refractivity contribution in [2.24, 2.45) is 0 Å². The molecule has 0 fully saturated rings. The van der Waals surface area contributed by atoms with E-state index in [9.17, 15) is 23.2 Å². The zero-order valence-electron chi connectivity index (χ0n) is 14.8. The Morgan fingerprint density at radius 2 is 1.57 bits per heavy atom. The third kappa shape index (κ3) is 6.67. The Bertz CT molecular complexity index is 821. The topological polar surface area (TPSA) is 90.9 Å². The van der Waals surface area contributed by atoms with Gasteiger partial charge in [0.05, 0.1) is 13.5 Å². The molecule has 0 heterocycles. The monoisotopic (exact) mass is 393 g/mol. The fraction of sp³-hybridized carbons (Fsp3) is 0.211. The van der Waals surface area contributed by atoms with Crippen LogP contribution in [-0.4, -0.2) is 38.1 Å². The minimum atomic E-state index is -2.94. The van der Waals surface area contributed by atoms with Crippen LogP contribution in [0, 0.1) is 0 Å². The van der Waals surface area contributed by atoms with Gasteiger partial charge in [-0.15, -0.1) is 0 Å². The Kier molecular flexibility index (Phi) is 7.44. The van der Waals surface area contributed by atoms with Gasteiger partial charge in [0, 0.05) is 5.56 Å². The van der Waals surface area contributed by atoms with Crippen molar-refractivity contribution >= 4 is 17.8 Å². The van der Waals surface area contributed by atoms with Crippen LogP contribution in [0.4, 0.5) is 8.78 Å². The largest absolute Gasteiger partial charge is 0.497 e. The second-order valence-corrected chi connectivity index (χ2v) is 5.47. The molecule has 0 bridgehead atoms. The van der Waals surface area contributed by atoms with Crippen molar-refractivity contribution in [2.75, 3.05) is 13.7 Å². The Morgan fingerprint density at radius 1 is 0.964 bits per heavy atom. The molecule has 0 spiro atoms. The van der Waals surface area contributed by atoms with Crippen LogP contribution in [0.1, 0.15) is 15.9 Å². The molecule has 0 aromatic heterocycles. The molecule has 0 saturated carbocycles. The minimum Gasteiger partial charge on any atom is -0.497 e. The number of rotatable bonds is 8. The summed E-state index contributed by atoms with van der Waals surface area (Å²) in [4.78, 5) is 35.4. The van der Waals surface area contributed by atoms with Crippen LogP contribution >= 0.6 is 0 Å². The smallest absolute Gasteiger partial charge is 0.387 e. The lowest BCUT2D eigenvalue weighted by molar-refractivity contribution is -0.147. The second kappa shape index (κ2) is 10.0. The molecule has 2 rings (SSSR count). The lowest BCUT2D eigenvalue weighted by Gasteiger charge is -2.07. The number of alkyl halides is 2. The number of carbonyl (C=O) groups excluding carboxylic acids is 3. The molecule has 7 nitrogen and oxygen atoms in total. The highest BCUT2D eigenvalue weighted by Gasteiger charge is 2.13. The fourth-order valence-electron chi connectivity index (χ4n) is 2.13. The number of amides is 2. The fourth-order valence-corrected chi connectivity index (χ4v) is 2.13. The van der Waals surface area contributed by atoms with Crippen molar-refractivity contribution in [2.45, 2.75) is 13.0 Å². The van der Waals surface area contributed by atoms with Crippen LogP contribution in [0.15, 0.2) is 48.5 Å². The highest BCUT2D eigenvalue weighted by atomic mass is 19.3. The van der Waals surface area contributed by atoms with E-state index in [2.05, 4.69) is 10.1 Å². The Hall–Kier alpha value is -3.49. The zero-order chi connectivity index (χ0) is 20.5. The van der Waals surface area contributed by atoms with E-state index in [1.54, 1.807) is 12.1 Å². The number of nitrogens with one attached hydrogen (secondary N) is 1. The molecule has 0 aliphatic heterocycles. The molecule has 148 valence electrons. The summed E-state index contributed by atoms with van der Waals surface area (Å²) >= 11 is 0. The summed E-state index contributed by atoms with van der Waals surface area (Å²) in [6.45, 7) is -3.57. The first-order chi connectivity index (χ1) is 13.4. The molecule has 2 amide bonds. The van der Waals surface area contributed by atoms with E-state index in [-0.39, 0.29) is 17.7 Å². The molecule has 0 aliphatic carbocycles. The quantitative estimate of drug-likeness (QED) is 0.693. The maximum atomic E-state index is 12.1. The number of esters is 1. The van der Waals surface area contributed by atoms with E-state index in [4.69, 9.17) is 9.47 Å². The van der Waals surface area contributed by atoms with Gasteiger partial charge in [0.25, 0.3) is 11.8 Å². The molecule has 0 atom stereocenters. The third-order valence-electron chi connectivity index (χ3n) is 3.47. The molecule has 0 radical (unpaired) electrons. The number of benzene rings is 2. The van der Waals surface area contributed by atoms with E-state index in [0.717, 1.165) is 0 Å². The SMILES string of the molecule is COc1ccc(C(=O)NC(=O)COC(=O)Cc2ccc(OC(F)F)cc2)cc1. The van der Waals surface area contributed by atoms with E-state index in [1.807, 2.05) is 0 Å². The van der Waals surface area contributed by atoms with Gasteiger partial charge in [-0.3, -0.25) is 19.7 Å². The molecular formula is C19H17F2NO6. The molecule has 0 aliphatic rings. The van der Waals surface area contributed by atoms with Gasteiger partial charge in [-0.25, -0.2) is 0 Å². The highest BCUT2D eigenvalue weighted by Crippen LogP contribution is 2.15. The Balaban J connectivity index is 1.76. The lowest BCUT2D eigenvalue weighted by Crippen LogP contribution is -2.34. The van der Waals surface area contributed by atoms with Gasteiger partial charge in [0.15, 0.2) is 6.61 Å². The maximum Gasteiger partial charge on any atom is 0.387 e. The second-order valence-electron chi connectivity index (χ2n) is 5.47. The summed E-state index contributed by atoms with van der Waals surface area (Å²) in [6.07, 6.45) is -0.172. The number of imide groups is 1. The third-order valence-corrected chi connectivity index (χ3v) is 3.47. The maximum absolute atomic E-state index is 12.1. The molecule has 2 aromatic rings. The van der Waals surface area contributed by atoms with Gasteiger partial charge in [-0.05, 0) is 42.0 Å². The number of hydrogen-bond donors (Lipinski definition) is 1. The molecule has 0 saturated heterocycles. The molecule has 28 heavy (non-hydrogen) atoms. The van der Waals surface area contributed by atoms with Gasteiger partial charge in [-0.1, -0.05) is 12.1 Å². The molecular weight excluding hydrogens is 376 g/mol. The number of carbonyl (C=O) groups is 3. The molecule has 0 unspecified atom stereocenters. The van der Waals surface area contributed by atoms with Crippen molar-refractivity contribution < 1.29 is 37.4 Å². The van der Waals surface area contributed by atoms with Crippen molar-refractivity contribution in [3.63, 3.8) is 0 Å². The van der Waals surface area contributed by atoms with Crippen molar-refractivity contribution in [3.05, 3.63) is 59.7 Å². The normalized spacial score (nSPS) is 10.3. The van der Waals surface area contributed by atoms with Crippen LogP contribution in [-0.2, 0) is 20.7 Å². The van der Waals surface area contributed by atoms with Gasteiger partial charge < -0.3 is 14.2 Å². The van der Waals surface area contributed by atoms with Crippen molar-refractivity contribution in [1.82, 2.24) is 5.32 Å². The number of ether oxygens (including phenoxy) is 3. The first-order valence-corrected chi connectivity index (χ1v) is 8.05. The number of halogens is 2. The van der Waals surface area contributed by atoms with Gasteiger partial charge >= 0.3 is 12.6 Å². The number of methoxy groups -OCH3 is 1. The van der Waals surface area contributed by atoms with Gasteiger partial charge in [0.1, 0.15) is 11.5 Å². The van der Waals surface area contributed by atoms with Crippen molar-refractivity contribution in [3.8, 4) is 11.5 Å². The van der Waals surface area contributed by atoms with Crippen LogP contribution in [0.25, 0.3) is 0 Å². The summed E-state index contributed by atoms with van der Waals surface area (Å²) in [7, 11) is 1.48. The Morgan fingerprint density at radius 3 is 2.14 bits per heavy atom. The molecule has 1 N–H and O–H groups in total. The summed E-state index contributed by atoms with van der Waals surface area (Å²) in [6, 6.07) is 11.5. The summed E-state index contributed by atoms with van der Waals surface area (Å²) in [5, 5.41) is 2.10. The van der Waals surface area contributed by atoms with E-state index >= 15 is 0 Å². The van der Waals surface area contributed by atoms with Crippen molar-refractivity contribution in [1.29, 1.82) is 0 Å².